The Morgan fingerprint density at radius 3 is 2.43 bits per heavy atom. The minimum atomic E-state index is -4.54. The first-order chi connectivity index (χ1) is 14.4. The number of hydrogen-bond donors (Lipinski definition) is 1. The standard InChI is InChI=1S/C22H16ClF3N4/c23-19-9-8-15(12-18(19)22(24,25)26)28-21-17-6-2-1-5-16(17)20(29-30-21)10-7-14-4-3-11-27-13-14/h1-6,8-9,11-13H,7,10H2,(H,28,30). The molecule has 4 rings (SSSR count). The van der Waals surface area contributed by atoms with Crippen molar-refractivity contribution in [1.82, 2.24) is 15.2 Å². The van der Waals surface area contributed by atoms with E-state index in [2.05, 4.69) is 20.5 Å². The van der Waals surface area contributed by atoms with Crippen molar-refractivity contribution in [3.63, 3.8) is 0 Å². The van der Waals surface area contributed by atoms with Gasteiger partial charge >= 0.3 is 6.18 Å². The summed E-state index contributed by atoms with van der Waals surface area (Å²) in [6, 6.07) is 15.1. The lowest BCUT2D eigenvalue weighted by Crippen LogP contribution is -2.07. The van der Waals surface area contributed by atoms with Gasteiger partial charge in [-0.2, -0.15) is 18.3 Å². The summed E-state index contributed by atoms with van der Waals surface area (Å²) >= 11 is 5.70. The second kappa shape index (κ2) is 8.28. The van der Waals surface area contributed by atoms with Crippen molar-refractivity contribution in [2.24, 2.45) is 0 Å². The molecule has 0 unspecified atom stereocenters. The zero-order valence-electron chi connectivity index (χ0n) is 15.6. The van der Waals surface area contributed by atoms with Crippen molar-refractivity contribution in [1.29, 1.82) is 0 Å². The molecule has 152 valence electrons. The molecule has 4 nitrogen and oxygen atoms in total. The number of alkyl halides is 3. The van der Waals surface area contributed by atoms with Crippen LogP contribution in [-0.4, -0.2) is 15.2 Å². The molecule has 4 aromatic rings. The lowest BCUT2D eigenvalue weighted by atomic mass is 10.0. The van der Waals surface area contributed by atoms with Crippen LogP contribution >= 0.6 is 11.6 Å². The van der Waals surface area contributed by atoms with Crippen LogP contribution in [0.25, 0.3) is 10.8 Å². The summed E-state index contributed by atoms with van der Waals surface area (Å²) < 4.78 is 39.5. The molecule has 0 saturated heterocycles. The smallest absolute Gasteiger partial charge is 0.338 e. The predicted octanol–water partition coefficient (Wildman–Crippen LogP) is 6.23. The molecule has 30 heavy (non-hydrogen) atoms. The first-order valence-corrected chi connectivity index (χ1v) is 9.56. The van der Waals surface area contributed by atoms with Gasteiger partial charge in [-0.3, -0.25) is 4.98 Å². The monoisotopic (exact) mass is 428 g/mol. The van der Waals surface area contributed by atoms with Crippen molar-refractivity contribution >= 4 is 33.9 Å². The van der Waals surface area contributed by atoms with Crippen molar-refractivity contribution in [3.05, 3.63) is 88.8 Å². The topological polar surface area (TPSA) is 50.7 Å². The third-order valence-corrected chi connectivity index (χ3v) is 5.00. The van der Waals surface area contributed by atoms with E-state index < -0.39 is 11.7 Å². The van der Waals surface area contributed by atoms with E-state index in [0.29, 0.717) is 12.2 Å². The van der Waals surface area contributed by atoms with E-state index in [1.54, 1.807) is 6.20 Å². The quantitative estimate of drug-likeness (QED) is 0.409. The molecule has 0 aliphatic heterocycles. The molecule has 0 aliphatic carbocycles. The van der Waals surface area contributed by atoms with Gasteiger partial charge in [0, 0.05) is 28.9 Å². The van der Waals surface area contributed by atoms with Crippen LogP contribution in [0, 0.1) is 0 Å². The Labute approximate surface area is 175 Å². The van der Waals surface area contributed by atoms with Crippen molar-refractivity contribution in [2.75, 3.05) is 5.32 Å². The molecule has 0 bridgehead atoms. The lowest BCUT2D eigenvalue weighted by Gasteiger charge is -2.14. The molecule has 1 N–H and O–H groups in total. The molecule has 8 heteroatoms. The number of benzene rings is 2. The van der Waals surface area contributed by atoms with Crippen LogP contribution in [0.3, 0.4) is 0 Å². The van der Waals surface area contributed by atoms with Crippen LogP contribution in [-0.2, 0) is 19.0 Å². The number of halogens is 4. The number of fused-ring (bicyclic) bond motifs is 1. The summed E-state index contributed by atoms with van der Waals surface area (Å²) in [6.45, 7) is 0. The van der Waals surface area contributed by atoms with Crippen LogP contribution in [0.1, 0.15) is 16.8 Å². The van der Waals surface area contributed by atoms with E-state index in [1.807, 2.05) is 42.6 Å². The first kappa shape index (κ1) is 20.1. The van der Waals surface area contributed by atoms with Crippen molar-refractivity contribution < 1.29 is 13.2 Å². The molecule has 0 aliphatic rings. The van der Waals surface area contributed by atoms with Gasteiger partial charge in [0.25, 0.3) is 0 Å². The molecule has 0 atom stereocenters. The van der Waals surface area contributed by atoms with Gasteiger partial charge in [0.2, 0.25) is 0 Å². The second-order valence-corrected chi connectivity index (χ2v) is 7.13. The minimum absolute atomic E-state index is 0.231. The molecule has 0 amide bonds. The van der Waals surface area contributed by atoms with Gasteiger partial charge in [-0.05, 0) is 42.7 Å². The number of nitrogens with zero attached hydrogens (tertiary/aromatic N) is 3. The number of aromatic nitrogens is 3. The summed E-state index contributed by atoms with van der Waals surface area (Å²) in [4.78, 5) is 4.12. The zero-order valence-corrected chi connectivity index (χ0v) is 16.4. The van der Waals surface area contributed by atoms with Gasteiger partial charge in [0.05, 0.1) is 16.3 Å². The van der Waals surface area contributed by atoms with E-state index in [4.69, 9.17) is 11.6 Å². The van der Waals surface area contributed by atoms with E-state index >= 15 is 0 Å². The summed E-state index contributed by atoms with van der Waals surface area (Å²) in [5.41, 5.74) is 1.23. The molecule has 0 fully saturated rings. The Morgan fingerprint density at radius 1 is 0.900 bits per heavy atom. The summed E-state index contributed by atoms with van der Waals surface area (Å²) in [5.74, 6) is 0.381. The number of pyridine rings is 1. The number of nitrogens with one attached hydrogen (secondary N) is 1. The minimum Gasteiger partial charge on any atom is -0.338 e. The number of rotatable bonds is 5. The Balaban J connectivity index is 1.65. The zero-order chi connectivity index (χ0) is 21.1. The molecule has 0 spiro atoms. The predicted molar refractivity (Wildman–Crippen MR) is 111 cm³/mol. The first-order valence-electron chi connectivity index (χ1n) is 9.19. The second-order valence-electron chi connectivity index (χ2n) is 6.72. The molecular weight excluding hydrogens is 413 g/mol. The van der Waals surface area contributed by atoms with Gasteiger partial charge in [-0.1, -0.05) is 41.9 Å². The SMILES string of the molecule is FC(F)(F)c1cc(Nc2nnc(CCc3cccnc3)c3ccccc23)ccc1Cl. The highest BCUT2D eigenvalue weighted by atomic mass is 35.5. The van der Waals surface area contributed by atoms with Gasteiger partial charge in [0.1, 0.15) is 0 Å². The third-order valence-electron chi connectivity index (χ3n) is 4.67. The Bertz CT molecular complexity index is 1180. The number of anilines is 2. The van der Waals surface area contributed by atoms with Crippen LogP contribution in [0.5, 0.6) is 0 Å². The summed E-state index contributed by atoms with van der Waals surface area (Å²) in [7, 11) is 0. The summed E-state index contributed by atoms with van der Waals surface area (Å²) in [6.07, 6.45) is 0.410. The average molecular weight is 429 g/mol. The van der Waals surface area contributed by atoms with Crippen LogP contribution in [0.4, 0.5) is 24.7 Å². The normalized spacial score (nSPS) is 11.6. The molecule has 0 saturated carbocycles. The van der Waals surface area contributed by atoms with Crippen molar-refractivity contribution in [2.45, 2.75) is 19.0 Å². The molecule has 2 aromatic heterocycles. The molecule has 2 aromatic carbocycles. The van der Waals surface area contributed by atoms with Crippen LogP contribution in [0.2, 0.25) is 5.02 Å². The Kier molecular flexibility index (Phi) is 5.55. The largest absolute Gasteiger partial charge is 0.417 e. The maximum Gasteiger partial charge on any atom is 0.417 e. The lowest BCUT2D eigenvalue weighted by molar-refractivity contribution is -0.137. The number of hydrogen-bond acceptors (Lipinski definition) is 4. The van der Waals surface area contributed by atoms with E-state index in [-0.39, 0.29) is 10.7 Å². The maximum absolute atomic E-state index is 13.2. The number of aryl methyl sites for hydroxylation is 2. The van der Waals surface area contributed by atoms with Crippen LogP contribution in [0.15, 0.2) is 67.0 Å². The van der Waals surface area contributed by atoms with Crippen LogP contribution < -0.4 is 5.32 Å². The highest BCUT2D eigenvalue weighted by Gasteiger charge is 2.33. The fourth-order valence-corrected chi connectivity index (χ4v) is 3.43. The highest BCUT2D eigenvalue weighted by Crippen LogP contribution is 2.37. The fourth-order valence-electron chi connectivity index (χ4n) is 3.20. The van der Waals surface area contributed by atoms with Gasteiger partial charge < -0.3 is 5.32 Å². The fraction of sp³-hybridized carbons (Fsp3) is 0.136. The third kappa shape index (κ3) is 4.36. The van der Waals surface area contributed by atoms with E-state index in [1.165, 1.54) is 12.1 Å². The highest BCUT2D eigenvalue weighted by molar-refractivity contribution is 6.31. The van der Waals surface area contributed by atoms with E-state index in [9.17, 15) is 13.2 Å². The molecule has 0 radical (unpaired) electrons. The van der Waals surface area contributed by atoms with E-state index in [0.717, 1.165) is 34.5 Å². The maximum atomic E-state index is 13.2. The van der Waals surface area contributed by atoms with Crippen molar-refractivity contribution in [3.8, 4) is 0 Å². The Hall–Kier alpha value is -3.19. The molecular formula is C22H16ClF3N4. The Morgan fingerprint density at radius 2 is 1.70 bits per heavy atom. The van der Waals surface area contributed by atoms with Gasteiger partial charge in [-0.15, -0.1) is 5.10 Å². The summed E-state index contributed by atoms with van der Waals surface area (Å²) in [5, 5.41) is 12.8. The average Bonchev–Trinajstić information content (AvgIpc) is 2.74. The van der Waals surface area contributed by atoms with Gasteiger partial charge in [-0.25, -0.2) is 0 Å². The van der Waals surface area contributed by atoms with Gasteiger partial charge in [0.15, 0.2) is 5.82 Å². The molecule has 2 heterocycles.